The highest BCUT2D eigenvalue weighted by Gasteiger charge is 2.17. The van der Waals surface area contributed by atoms with Gasteiger partial charge in [-0.05, 0) is 40.5 Å². The third kappa shape index (κ3) is 4.10. The van der Waals surface area contributed by atoms with Crippen LogP contribution >= 0.6 is 15.9 Å². The summed E-state index contributed by atoms with van der Waals surface area (Å²) in [6.07, 6.45) is -0.247. The molecular weight excluding hydrogens is 310 g/mol. The molecule has 2 N–H and O–H groups in total. The first-order chi connectivity index (χ1) is 7.83. The highest BCUT2D eigenvalue weighted by Crippen LogP contribution is 2.22. The van der Waals surface area contributed by atoms with E-state index in [4.69, 9.17) is 5.11 Å². The number of rotatable bonds is 5. The number of hydrogen-bond acceptors (Lipinski definition) is 3. The predicted octanol–water partition coefficient (Wildman–Crippen LogP) is 1.51. The molecule has 0 aliphatic carbocycles. The van der Waals surface area contributed by atoms with Gasteiger partial charge in [-0.1, -0.05) is 6.07 Å². The quantitative estimate of drug-likeness (QED) is 0.861. The molecule has 0 aromatic heterocycles. The Kier molecular flexibility index (Phi) is 4.67. The predicted molar refractivity (Wildman–Crippen MR) is 66.3 cm³/mol. The lowest BCUT2D eigenvalue weighted by atomic mass is 10.2. The number of sulfonamides is 1. The van der Waals surface area contributed by atoms with Crippen LogP contribution in [-0.4, -0.2) is 26.0 Å². The molecule has 0 fully saturated rings. The van der Waals surface area contributed by atoms with Crippen molar-refractivity contribution >= 4 is 31.9 Å². The van der Waals surface area contributed by atoms with Crippen LogP contribution in [0.2, 0.25) is 0 Å². The van der Waals surface area contributed by atoms with E-state index in [2.05, 4.69) is 20.7 Å². The molecule has 1 rings (SSSR count). The third-order valence-corrected chi connectivity index (χ3v) is 4.46. The molecule has 1 aromatic carbocycles. The van der Waals surface area contributed by atoms with Crippen molar-refractivity contribution < 1.29 is 18.3 Å². The van der Waals surface area contributed by atoms with E-state index in [1.54, 1.807) is 19.1 Å². The van der Waals surface area contributed by atoms with Gasteiger partial charge in [0, 0.05) is 11.0 Å². The summed E-state index contributed by atoms with van der Waals surface area (Å²) in [4.78, 5) is 10.4. The van der Waals surface area contributed by atoms with Crippen molar-refractivity contribution in [2.75, 3.05) is 6.54 Å². The summed E-state index contributed by atoms with van der Waals surface area (Å²) in [5.74, 6) is -1.05. The van der Waals surface area contributed by atoms with Crippen molar-refractivity contribution in [3.63, 3.8) is 0 Å². The molecule has 0 aliphatic heterocycles. The van der Waals surface area contributed by atoms with Crippen LogP contribution in [0.3, 0.4) is 0 Å². The molecule has 0 aliphatic rings. The van der Waals surface area contributed by atoms with Crippen molar-refractivity contribution in [1.82, 2.24) is 4.72 Å². The van der Waals surface area contributed by atoms with Crippen molar-refractivity contribution in [2.24, 2.45) is 0 Å². The molecule has 0 saturated carbocycles. The Labute approximate surface area is 108 Å². The molecule has 5 nitrogen and oxygen atoms in total. The van der Waals surface area contributed by atoms with Gasteiger partial charge in [-0.15, -0.1) is 0 Å². The minimum Gasteiger partial charge on any atom is -0.481 e. The number of carboxylic acid groups (broad SMARTS) is 1. The van der Waals surface area contributed by atoms with E-state index in [1.165, 1.54) is 6.07 Å². The topological polar surface area (TPSA) is 83.5 Å². The number of aliphatic carboxylic acids is 1. The van der Waals surface area contributed by atoms with Gasteiger partial charge in [-0.3, -0.25) is 4.79 Å². The van der Waals surface area contributed by atoms with Crippen LogP contribution in [-0.2, 0) is 14.8 Å². The Morgan fingerprint density at radius 2 is 2.12 bits per heavy atom. The van der Waals surface area contributed by atoms with E-state index in [-0.39, 0.29) is 17.9 Å². The summed E-state index contributed by atoms with van der Waals surface area (Å²) in [6, 6.07) is 4.94. The lowest BCUT2D eigenvalue weighted by molar-refractivity contribution is -0.136. The highest BCUT2D eigenvalue weighted by atomic mass is 79.9. The second-order valence-corrected chi connectivity index (χ2v) is 6.07. The van der Waals surface area contributed by atoms with Crippen molar-refractivity contribution in [3.05, 3.63) is 28.2 Å². The Morgan fingerprint density at radius 1 is 1.47 bits per heavy atom. The summed E-state index contributed by atoms with van der Waals surface area (Å²) in [5.41, 5.74) is 0.812. The molecule has 0 amide bonds. The Morgan fingerprint density at radius 3 is 2.71 bits per heavy atom. The number of hydrogen-bond donors (Lipinski definition) is 2. The highest BCUT2D eigenvalue weighted by molar-refractivity contribution is 9.10. The van der Waals surface area contributed by atoms with Gasteiger partial charge in [0.25, 0.3) is 0 Å². The maximum atomic E-state index is 11.9. The molecule has 0 heterocycles. The van der Waals surface area contributed by atoms with Crippen molar-refractivity contribution in [1.29, 1.82) is 0 Å². The van der Waals surface area contributed by atoms with Gasteiger partial charge in [-0.2, -0.15) is 0 Å². The van der Waals surface area contributed by atoms with Gasteiger partial charge in [0.05, 0.1) is 11.3 Å². The third-order valence-electron chi connectivity index (χ3n) is 2.01. The van der Waals surface area contributed by atoms with Gasteiger partial charge in [0.1, 0.15) is 0 Å². The first-order valence-corrected chi connectivity index (χ1v) is 7.08. The van der Waals surface area contributed by atoms with Crippen LogP contribution in [0, 0.1) is 6.92 Å². The zero-order valence-electron chi connectivity index (χ0n) is 9.10. The molecule has 7 heteroatoms. The molecule has 0 bridgehead atoms. The molecule has 0 unspecified atom stereocenters. The van der Waals surface area contributed by atoms with E-state index in [0.29, 0.717) is 4.47 Å². The second-order valence-electron chi connectivity index (χ2n) is 3.48. The summed E-state index contributed by atoms with van der Waals surface area (Å²) in [5, 5.41) is 8.44. The van der Waals surface area contributed by atoms with Crippen molar-refractivity contribution in [2.45, 2.75) is 18.2 Å². The van der Waals surface area contributed by atoms with Gasteiger partial charge in [0.2, 0.25) is 10.0 Å². The van der Waals surface area contributed by atoms with Crippen LogP contribution in [0.4, 0.5) is 0 Å². The fourth-order valence-electron chi connectivity index (χ4n) is 1.19. The van der Waals surface area contributed by atoms with E-state index in [0.717, 1.165) is 5.56 Å². The summed E-state index contributed by atoms with van der Waals surface area (Å²) in [6.45, 7) is 1.65. The fourth-order valence-corrected chi connectivity index (χ4v) is 3.26. The molecule has 1 aromatic rings. The largest absolute Gasteiger partial charge is 0.481 e. The van der Waals surface area contributed by atoms with E-state index in [1.807, 2.05) is 0 Å². The average Bonchev–Trinajstić information content (AvgIpc) is 2.20. The molecule has 17 heavy (non-hydrogen) atoms. The Balaban J connectivity index is 2.89. The molecule has 0 saturated heterocycles. The van der Waals surface area contributed by atoms with Crippen LogP contribution < -0.4 is 4.72 Å². The first kappa shape index (κ1) is 14.1. The van der Waals surface area contributed by atoms with Crippen LogP contribution in [0.5, 0.6) is 0 Å². The van der Waals surface area contributed by atoms with E-state index >= 15 is 0 Å². The Bertz CT molecular complexity index is 527. The first-order valence-electron chi connectivity index (χ1n) is 4.80. The number of nitrogens with one attached hydrogen (secondary N) is 1. The van der Waals surface area contributed by atoms with Gasteiger partial charge >= 0.3 is 5.97 Å². The summed E-state index contributed by atoms with van der Waals surface area (Å²) >= 11 is 3.15. The number of aryl methyl sites for hydroxylation is 1. The zero-order valence-corrected chi connectivity index (χ0v) is 11.5. The molecule has 0 radical (unpaired) electrons. The maximum absolute atomic E-state index is 11.9. The maximum Gasteiger partial charge on any atom is 0.304 e. The van der Waals surface area contributed by atoms with Crippen LogP contribution in [0.15, 0.2) is 27.6 Å². The lowest BCUT2D eigenvalue weighted by Gasteiger charge is -2.08. The molecular formula is C10H12BrNO4S. The van der Waals surface area contributed by atoms with Crippen LogP contribution in [0.25, 0.3) is 0 Å². The zero-order chi connectivity index (χ0) is 13.1. The smallest absolute Gasteiger partial charge is 0.304 e. The van der Waals surface area contributed by atoms with Gasteiger partial charge in [-0.25, -0.2) is 13.1 Å². The SMILES string of the molecule is Cc1ccc(Br)c(S(=O)(=O)NCCC(=O)O)c1. The van der Waals surface area contributed by atoms with Gasteiger partial charge in [0.15, 0.2) is 0 Å². The summed E-state index contributed by atoms with van der Waals surface area (Å²) < 4.78 is 26.4. The fraction of sp³-hybridized carbons (Fsp3) is 0.300. The number of halogens is 1. The normalized spacial score (nSPS) is 11.4. The molecule has 0 spiro atoms. The number of benzene rings is 1. The Hall–Kier alpha value is -0.920. The van der Waals surface area contributed by atoms with E-state index in [9.17, 15) is 13.2 Å². The molecule has 0 atom stereocenters. The summed E-state index contributed by atoms with van der Waals surface area (Å²) in [7, 11) is -3.67. The monoisotopic (exact) mass is 321 g/mol. The van der Waals surface area contributed by atoms with Gasteiger partial charge < -0.3 is 5.11 Å². The molecule has 94 valence electrons. The second kappa shape index (κ2) is 5.61. The number of carboxylic acids is 1. The average molecular weight is 322 g/mol. The lowest BCUT2D eigenvalue weighted by Crippen LogP contribution is -2.26. The minimum absolute atomic E-state index is 0.114. The minimum atomic E-state index is -3.67. The standard InChI is InChI=1S/C10H12BrNO4S/c1-7-2-3-8(11)9(6-7)17(15,16)12-5-4-10(13)14/h2-3,6,12H,4-5H2,1H3,(H,13,14). The van der Waals surface area contributed by atoms with Crippen molar-refractivity contribution in [3.8, 4) is 0 Å². The van der Waals surface area contributed by atoms with Crippen LogP contribution in [0.1, 0.15) is 12.0 Å². The number of carbonyl (C=O) groups is 1. The van der Waals surface area contributed by atoms with E-state index < -0.39 is 16.0 Å².